The molecule has 3 aromatic rings. The van der Waals surface area contributed by atoms with Crippen LogP contribution in [0.5, 0.6) is 0 Å². The number of nitro benzene ring substituents is 1. The number of furan rings is 1. The topological polar surface area (TPSA) is 122 Å². The fourth-order valence-corrected chi connectivity index (χ4v) is 2.58. The molecular weight excluding hydrogens is 403 g/mol. The van der Waals surface area contributed by atoms with Crippen LogP contribution in [-0.4, -0.2) is 17.0 Å². The monoisotopic (exact) mass is 412 g/mol. The second-order valence-corrected chi connectivity index (χ2v) is 6.06. The molecular formula is C19H10ClFN4O4. The first kappa shape index (κ1) is 19.7. The summed E-state index contributed by atoms with van der Waals surface area (Å²) in [7, 11) is 0. The number of nitriles is 1. The minimum Gasteiger partial charge on any atom is -0.455 e. The van der Waals surface area contributed by atoms with E-state index in [1.165, 1.54) is 42.5 Å². The third-order valence-corrected chi connectivity index (χ3v) is 3.98. The minimum absolute atomic E-state index is 0.0851. The van der Waals surface area contributed by atoms with Crippen molar-refractivity contribution < 1.29 is 18.5 Å². The van der Waals surface area contributed by atoms with Crippen molar-refractivity contribution in [3.8, 4) is 17.4 Å². The van der Waals surface area contributed by atoms with Gasteiger partial charge in [0.1, 0.15) is 17.3 Å². The number of nitro groups is 1. The number of carbonyl (C=O) groups excluding carboxylic acids is 1. The molecule has 0 aliphatic rings. The van der Waals surface area contributed by atoms with E-state index in [0.29, 0.717) is 0 Å². The highest BCUT2D eigenvalue weighted by molar-refractivity contribution is 6.30. The van der Waals surface area contributed by atoms with Gasteiger partial charge < -0.3 is 4.42 Å². The van der Waals surface area contributed by atoms with Gasteiger partial charge in [-0.05, 0) is 42.5 Å². The molecule has 29 heavy (non-hydrogen) atoms. The van der Waals surface area contributed by atoms with Gasteiger partial charge in [-0.1, -0.05) is 11.6 Å². The molecule has 0 saturated heterocycles. The fraction of sp³-hybridized carbons (Fsp3) is 0. The van der Waals surface area contributed by atoms with Crippen molar-refractivity contribution in [1.29, 1.82) is 5.26 Å². The summed E-state index contributed by atoms with van der Waals surface area (Å²) in [5.74, 6) is -1.26. The Labute approximate surface area is 168 Å². The van der Waals surface area contributed by atoms with Gasteiger partial charge in [-0.2, -0.15) is 10.4 Å². The number of carbonyl (C=O) groups is 1. The van der Waals surface area contributed by atoms with E-state index in [-0.39, 0.29) is 38.9 Å². The van der Waals surface area contributed by atoms with Crippen LogP contribution in [-0.2, 0) is 0 Å². The zero-order valence-corrected chi connectivity index (χ0v) is 15.2. The van der Waals surface area contributed by atoms with Crippen LogP contribution in [0.3, 0.4) is 0 Å². The Morgan fingerprint density at radius 3 is 2.76 bits per heavy atom. The maximum Gasteiger partial charge on any atom is 0.281 e. The molecule has 0 unspecified atom stereocenters. The van der Waals surface area contributed by atoms with Crippen LogP contribution in [0.15, 0.2) is 58.0 Å². The number of hydrogen-bond donors (Lipinski definition) is 1. The normalized spacial score (nSPS) is 10.7. The predicted octanol–water partition coefficient (Wildman–Crippen LogP) is 4.28. The van der Waals surface area contributed by atoms with Crippen LogP contribution in [0, 0.1) is 27.3 Å². The van der Waals surface area contributed by atoms with E-state index in [9.17, 15) is 19.3 Å². The Morgan fingerprint density at radius 2 is 2.07 bits per heavy atom. The number of benzene rings is 2. The quantitative estimate of drug-likeness (QED) is 0.380. The number of halogens is 2. The van der Waals surface area contributed by atoms with Gasteiger partial charge in [-0.3, -0.25) is 14.9 Å². The van der Waals surface area contributed by atoms with Crippen LogP contribution >= 0.6 is 11.6 Å². The molecule has 2 aromatic carbocycles. The molecule has 1 heterocycles. The number of hydrazone groups is 1. The molecule has 144 valence electrons. The molecule has 0 aliphatic carbocycles. The van der Waals surface area contributed by atoms with Crippen molar-refractivity contribution in [2.75, 3.05) is 0 Å². The van der Waals surface area contributed by atoms with E-state index in [0.717, 1.165) is 12.3 Å². The van der Waals surface area contributed by atoms with Gasteiger partial charge in [-0.25, -0.2) is 9.82 Å². The van der Waals surface area contributed by atoms with Gasteiger partial charge in [0.25, 0.3) is 11.6 Å². The molecule has 3 rings (SSSR count). The highest BCUT2D eigenvalue weighted by Gasteiger charge is 2.18. The molecule has 10 heteroatoms. The molecule has 0 bridgehead atoms. The molecule has 0 atom stereocenters. The van der Waals surface area contributed by atoms with Crippen molar-refractivity contribution in [3.63, 3.8) is 0 Å². The lowest BCUT2D eigenvalue weighted by molar-refractivity contribution is -0.384. The van der Waals surface area contributed by atoms with E-state index in [1.54, 1.807) is 6.07 Å². The van der Waals surface area contributed by atoms with E-state index >= 15 is 0 Å². The predicted molar refractivity (Wildman–Crippen MR) is 102 cm³/mol. The van der Waals surface area contributed by atoms with E-state index in [1.807, 2.05) is 0 Å². The second-order valence-electron chi connectivity index (χ2n) is 5.63. The van der Waals surface area contributed by atoms with Crippen molar-refractivity contribution in [3.05, 3.63) is 86.4 Å². The fourth-order valence-electron chi connectivity index (χ4n) is 2.41. The largest absolute Gasteiger partial charge is 0.455 e. The molecule has 0 radical (unpaired) electrons. The zero-order valence-electron chi connectivity index (χ0n) is 14.4. The summed E-state index contributed by atoms with van der Waals surface area (Å²) in [6.07, 6.45) is 1.16. The number of nitrogens with zero attached hydrogens (tertiary/aromatic N) is 3. The molecule has 1 aromatic heterocycles. The first-order valence-electron chi connectivity index (χ1n) is 7.96. The third kappa shape index (κ3) is 4.45. The SMILES string of the molecule is N#Cc1ccc(C(=O)N/N=C\c2ccc(-c3ccc(Cl)cc3[N+](=O)[O-])o2)c(F)c1. The Balaban J connectivity index is 1.74. The lowest BCUT2D eigenvalue weighted by Gasteiger charge is -2.01. The maximum atomic E-state index is 13.8. The average Bonchev–Trinajstić information content (AvgIpc) is 3.16. The van der Waals surface area contributed by atoms with Gasteiger partial charge in [0.05, 0.1) is 33.9 Å². The number of nitrogens with one attached hydrogen (secondary N) is 1. The van der Waals surface area contributed by atoms with E-state index in [4.69, 9.17) is 21.3 Å². The summed E-state index contributed by atoms with van der Waals surface area (Å²) >= 11 is 5.79. The summed E-state index contributed by atoms with van der Waals surface area (Å²) in [5, 5.41) is 23.8. The van der Waals surface area contributed by atoms with E-state index < -0.39 is 16.6 Å². The van der Waals surface area contributed by atoms with Crippen LogP contribution in [0.4, 0.5) is 10.1 Å². The van der Waals surface area contributed by atoms with Gasteiger partial charge in [0, 0.05) is 11.1 Å². The number of hydrogen-bond acceptors (Lipinski definition) is 6. The molecule has 1 N–H and O–H groups in total. The smallest absolute Gasteiger partial charge is 0.281 e. The van der Waals surface area contributed by atoms with Crippen molar-refractivity contribution >= 4 is 29.4 Å². The minimum atomic E-state index is -0.855. The first-order chi connectivity index (χ1) is 13.9. The Kier molecular flexibility index (Phi) is 5.66. The zero-order chi connectivity index (χ0) is 21.0. The van der Waals surface area contributed by atoms with Crippen LogP contribution < -0.4 is 5.43 Å². The van der Waals surface area contributed by atoms with Gasteiger partial charge in [0.2, 0.25) is 0 Å². The highest BCUT2D eigenvalue weighted by Crippen LogP contribution is 2.33. The van der Waals surface area contributed by atoms with Crippen LogP contribution in [0.25, 0.3) is 11.3 Å². The molecule has 0 spiro atoms. The van der Waals surface area contributed by atoms with Gasteiger partial charge >= 0.3 is 0 Å². The number of amides is 1. The average molecular weight is 413 g/mol. The summed E-state index contributed by atoms with van der Waals surface area (Å²) in [4.78, 5) is 22.6. The Bertz CT molecular complexity index is 1180. The van der Waals surface area contributed by atoms with E-state index in [2.05, 4.69) is 10.5 Å². The summed E-state index contributed by atoms with van der Waals surface area (Å²) in [5.41, 5.74) is 1.94. The summed E-state index contributed by atoms with van der Waals surface area (Å²) in [6.45, 7) is 0. The van der Waals surface area contributed by atoms with Gasteiger partial charge in [-0.15, -0.1) is 0 Å². The summed E-state index contributed by atoms with van der Waals surface area (Å²) < 4.78 is 19.3. The van der Waals surface area contributed by atoms with Crippen molar-refractivity contribution in [2.45, 2.75) is 0 Å². The molecule has 0 aliphatic heterocycles. The Morgan fingerprint density at radius 1 is 1.28 bits per heavy atom. The van der Waals surface area contributed by atoms with Crippen molar-refractivity contribution in [1.82, 2.24) is 5.43 Å². The Hall–Kier alpha value is -4.03. The standard InChI is InChI=1S/C19H10ClFN4O4/c20-12-2-5-15(17(8-12)25(27)28)18-6-3-13(29-18)10-23-24-19(26)14-4-1-11(9-22)7-16(14)21/h1-8,10H,(H,24,26)/b23-10-. The lowest BCUT2D eigenvalue weighted by atomic mass is 10.1. The maximum absolute atomic E-state index is 13.8. The van der Waals surface area contributed by atoms with Crippen molar-refractivity contribution in [2.24, 2.45) is 5.10 Å². The third-order valence-electron chi connectivity index (χ3n) is 3.75. The molecule has 8 nitrogen and oxygen atoms in total. The van der Waals surface area contributed by atoms with Crippen LogP contribution in [0.2, 0.25) is 5.02 Å². The summed E-state index contributed by atoms with van der Waals surface area (Å²) in [6, 6.07) is 12.3. The van der Waals surface area contributed by atoms with Crippen LogP contribution in [0.1, 0.15) is 21.7 Å². The number of rotatable bonds is 5. The first-order valence-corrected chi connectivity index (χ1v) is 8.34. The molecule has 1 amide bonds. The molecule has 0 fully saturated rings. The lowest BCUT2D eigenvalue weighted by Crippen LogP contribution is -2.19. The molecule has 0 saturated carbocycles. The van der Waals surface area contributed by atoms with Gasteiger partial charge in [0.15, 0.2) is 0 Å². The highest BCUT2D eigenvalue weighted by atomic mass is 35.5. The second kappa shape index (κ2) is 8.33.